The molecule has 0 aliphatic carbocycles. The molecule has 148 valence electrons. The van der Waals surface area contributed by atoms with Crippen molar-refractivity contribution >= 4 is 17.6 Å². The van der Waals surface area contributed by atoms with Gasteiger partial charge in [0.1, 0.15) is 5.75 Å². The van der Waals surface area contributed by atoms with Gasteiger partial charge in [-0.15, -0.1) is 0 Å². The lowest BCUT2D eigenvalue weighted by Gasteiger charge is -2.36. The molecule has 1 fully saturated rings. The SMILES string of the molecule is CCOC(=O)COc1cccc(NC(=O)C2(c3ccccc3)CCOCC2)c1. The van der Waals surface area contributed by atoms with E-state index < -0.39 is 11.4 Å². The van der Waals surface area contributed by atoms with E-state index in [0.717, 1.165) is 5.56 Å². The van der Waals surface area contributed by atoms with Crippen LogP contribution in [0.25, 0.3) is 0 Å². The van der Waals surface area contributed by atoms with Crippen LogP contribution in [-0.2, 0) is 24.5 Å². The van der Waals surface area contributed by atoms with Gasteiger partial charge in [0.15, 0.2) is 6.61 Å². The van der Waals surface area contributed by atoms with Gasteiger partial charge in [0.25, 0.3) is 0 Å². The van der Waals surface area contributed by atoms with Crippen molar-refractivity contribution in [2.24, 2.45) is 0 Å². The number of anilines is 1. The van der Waals surface area contributed by atoms with E-state index in [1.54, 1.807) is 31.2 Å². The molecular formula is C22H25NO5. The van der Waals surface area contributed by atoms with Crippen LogP contribution in [0.2, 0.25) is 0 Å². The highest BCUT2D eigenvalue weighted by molar-refractivity contribution is 5.99. The molecule has 0 aromatic heterocycles. The molecule has 3 rings (SSSR count). The molecule has 0 unspecified atom stereocenters. The van der Waals surface area contributed by atoms with Gasteiger partial charge in [-0.1, -0.05) is 36.4 Å². The molecule has 0 atom stereocenters. The van der Waals surface area contributed by atoms with Gasteiger partial charge in [0.2, 0.25) is 5.91 Å². The fraction of sp³-hybridized carbons (Fsp3) is 0.364. The Hall–Kier alpha value is -2.86. The second-order valence-electron chi connectivity index (χ2n) is 6.64. The predicted octanol–water partition coefficient (Wildman–Crippen LogP) is 3.32. The molecule has 1 saturated heterocycles. The quantitative estimate of drug-likeness (QED) is 0.743. The number of rotatable bonds is 7. The second-order valence-corrected chi connectivity index (χ2v) is 6.64. The van der Waals surface area contributed by atoms with Gasteiger partial charge in [-0.3, -0.25) is 4.79 Å². The standard InChI is InChI=1S/C22H25NO5/c1-2-27-20(24)16-28-19-10-6-9-18(15-19)23-21(25)22(11-13-26-14-12-22)17-7-4-3-5-8-17/h3-10,15H,2,11-14,16H2,1H3,(H,23,25). The number of esters is 1. The lowest BCUT2D eigenvalue weighted by molar-refractivity contribution is -0.145. The molecule has 6 heteroatoms. The van der Waals surface area contributed by atoms with Gasteiger partial charge in [0.05, 0.1) is 12.0 Å². The summed E-state index contributed by atoms with van der Waals surface area (Å²) in [6.45, 7) is 2.98. The zero-order valence-electron chi connectivity index (χ0n) is 16.0. The van der Waals surface area contributed by atoms with Gasteiger partial charge in [-0.25, -0.2) is 4.79 Å². The van der Waals surface area contributed by atoms with Crippen LogP contribution in [0.3, 0.4) is 0 Å². The third kappa shape index (κ3) is 4.70. The summed E-state index contributed by atoms with van der Waals surface area (Å²) < 4.78 is 15.8. The van der Waals surface area contributed by atoms with E-state index in [2.05, 4.69) is 5.32 Å². The summed E-state index contributed by atoms with van der Waals surface area (Å²) in [5.41, 5.74) is 0.986. The summed E-state index contributed by atoms with van der Waals surface area (Å²) in [5, 5.41) is 3.01. The first-order chi connectivity index (χ1) is 13.6. The largest absolute Gasteiger partial charge is 0.482 e. The smallest absolute Gasteiger partial charge is 0.344 e. The molecule has 1 amide bonds. The Bertz CT molecular complexity index is 800. The molecule has 0 radical (unpaired) electrons. The zero-order chi connectivity index (χ0) is 19.8. The maximum absolute atomic E-state index is 13.3. The van der Waals surface area contributed by atoms with E-state index in [4.69, 9.17) is 14.2 Å². The molecule has 1 N–H and O–H groups in total. The number of amides is 1. The molecule has 28 heavy (non-hydrogen) atoms. The number of benzene rings is 2. The van der Waals surface area contributed by atoms with Crippen LogP contribution in [0.1, 0.15) is 25.3 Å². The molecule has 2 aromatic carbocycles. The van der Waals surface area contributed by atoms with E-state index in [1.807, 2.05) is 30.3 Å². The molecule has 1 heterocycles. The molecule has 0 saturated carbocycles. The fourth-order valence-electron chi connectivity index (χ4n) is 3.38. The molecule has 1 aliphatic heterocycles. The maximum atomic E-state index is 13.3. The maximum Gasteiger partial charge on any atom is 0.344 e. The highest BCUT2D eigenvalue weighted by atomic mass is 16.6. The number of carbonyl (C=O) groups is 2. The van der Waals surface area contributed by atoms with Crippen LogP contribution in [0.15, 0.2) is 54.6 Å². The topological polar surface area (TPSA) is 73.9 Å². The summed E-state index contributed by atoms with van der Waals surface area (Å²) in [7, 11) is 0. The fourth-order valence-corrected chi connectivity index (χ4v) is 3.38. The molecule has 6 nitrogen and oxygen atoms in total. The van der Waals surface area contributed by atoms with Crippen LogP contribution in [0.4, 0.5) is 5.69 Å². The van der Waals surface area contributed by atoms with Gasteiger partial charge in [-0.2, -0.15) is 0 Å². The van der Waals surface area contributed by atoms with Crippen LogP contribution in [0, 0.1) is 0 Å². The first-order valence-corrected chi connectivity index (χ1v) is 9.47. The first-order valence-electron chi connectivity index (χ1n) is 9.47. The van der Waals surface area contributed by atoms with Gasteiger partial charge >= 0.3 is 5.97 Å². The number of nitrogens with one attached hydrogen (secondary N) is 1. The van der Waals surface area contributed by atoms with Crippen molar-refractivity contribution in [3.05, 3.63) is 60.2 Å². The second kappa shape index (κ2) is 9.37. The van der Waals surface area contributed by atoms with Crippen LogP contribution in [-0.4, -0.2) is 38.3 Å². The average molecular weight is 383 g/mol. The summed E-state index contributed by atoms with van der Waals surface area (Å²) in [6, 6.07) is 16.8. The van der Waals surface area contributed by atoms with E-state index in [0.29, 0.717) is 44.1 Å². The first kappa shape index (κ1) is 19.9. The summed E-state index contributed by atoms with van der Waals surface area (Å²) in [6.07, 6.45) is 1.25. The van der Waals surface area contributed by atoms with E-state index in [-0.39, 0.29) is 12.5 Å². The van der Waals surface area contributed by atoms with Crippen molar-refractivity contribution < 1.29 is 23.8 Å². The average Bonchev–Trinajstić information content (AvgIpc) is 2.74. The lowest BCUT2D eigenvalue weighted by Crippen LogP contribution is -2.44. The highest BCUT2D eigenvalue weighted by Gasteiger charge is 2.41. The van der Waals surface area contributed by atoms with Crippen LogP contribution < -0.4 is 10.1 Å². The third-order valence-corrected chi connectivity index (χ3v) is 4.86. The van der Waals surface area contributed by atoms with E-state index >= 15 is 0 Å². The summed E-state index contributed by atoms with van der Waals surface area (Å²) in [4.78, 5) is 24.7. The number of ether oxygens (including phenoxy) is 3. The number of hydrogen-bond donors (Lipinski definition) is 1. The Balaban J connectivity index is 1.73. The van der Waals surface area contributed by atoms with Gasteiger partial charge in [-0.05, 0) is 37.5 Å². The number of hydrogen-bond acceptors (Lipinski definition) is 5. The predicted molar refractivity (Wildman–Crippen MR) is 105 cm³/mol. The molecule has 2 aromatic rings. The molecule has 0 bridgehead atoms. The van der Waals surface area contributed by atoms with E-state index in [9.17, 15) is 9.59 Å². The lowest BCUT2D eigenvalue weighted by atomic mass is 9.73. The minimum Gasteiger partial charge on any atom is -0.482 e. The van der Waals surface area contributed by atoms with Crippen molar-refractivity contribution in [2.45, 2.75) is 25.2 Å². The van der Waals surface area contributed by atoms with Crippen molar-refractivity contribution in [1.82, 2.24) is 0 Å². The molecule has 0 spiro atoms. The summed E-state index contributed by atoms with van der Waals surface area (Å²) in [5.74, 6) is -0.00157. The van der Waals surface area contributed by atoms with Crippen molar-refractivity contribution in [3.63, 3.8) is 0 Å². The van der Waals surface area contributed by atoms with Gasteiger partial charge < -0.3 is 19.5 Å². The molecule has 1 aliphatic rings. The Labute approximate surface area is 164 Å². The minimum absolute atomic E-state index is 0.0652. The Morgan fingerprint density at radius 1 is 1.07 bits per heavy atom. The van der Waals surface area contributed by atoms with Crippen molar-refractivity contribution in [3.8, 4) is 5.75 Å². The minimum atomic E-state index is -0.624. The number of carbonyl (C=O) groups excluding carboxylic acids is 2. The Kier molecular flexibility index (Phi) is 6.66. The Morgan fingerprint density at radius 2 is 1.82 bits per heavy atom. The zero-order valence-corrected chi connectivity index (χ0v) is 16.0. The van der Waals surface area contributed by atoms with Crippen molar-refractivity contribution in [1.29, 1.82) is 0 Å². The third-order valence-electron chi connectivity index (χ3n) is 4.86. The monoisotopic (exact) mass is 383 g/mol. The van der Waals surface area contributed by atoms with Gasteiger partial charge in [0, 0.05) is 25.0 Å². The summed E-state index contributed by atoms with van der Waals surface area (Å²) >= 11 is 0. The van der Waals surface area contributed by atoms with Crippen LogP contribution >= 0.6 is 0 Å². The highest BCUT2D eigenvalue weighted by Crippen LogP contribution is 2.36. The van der Waals surface area contributed by atoms with E-state index in [1.165, 1.54) is 0 Å². The normalized spacial score (nSPS) is 15.5. The molecular weight excluding hydrogens is 358 g/mol. The Morgan fingerprint density at radius 3 is 2.54 bits per heavy atom. The van der Waals surface area contributed by atoms with Crippen molar-refractivity contribution in [2.75, 3.05) is 31.7 Å². The van der Waals surface area contributed by atoms with Crippen LogP contribution in [0.5, 0.6) is 5.75 Å².